The highest BCUT2D eigenvalue weighted by atomic mass is 15.2. The van der Waals surface area contributed by atoms with Crippen molar-refractivity contribution < 1.29 is 0 Å². The molecule has 0 spiro atoms. The van der Waals surface area contributed by atoms with Crippen LogP contribution >= 0.6 is 0 Å². The molecular weight excluding hydrogens is 148 g/mol. The standard InChI is InChI=1S/C10H18N2/c1-9-4-5-11-10(9)8-12-6-2-3-7-12/h2-3,9-11H,4-8H2,1H3. The van der Waals surface area contributed by atoms with Crippen LogP contribution in [0.1, 0.15) is 13.3 Å². The van der Waals surface area contributed by atoms with Crippen LogP contribution < -0.4 is 5.32 Å². The number of nitrogens with zero attached hydrogens (tertiary/aromatic N) is 1. The monoisotopic (exact) mass is 166 g/mol. The molecule has 0 aromatic carbocycles. The summed E-state index contributed by atoms with van der Waals surface area (Å²) in [5.74, 6) is 0.866. The summed E-state index contributed by atoms with van der Waals surface area (Å²) >= 11 is 0. The van der Waals surface area contributed by atoms with Crippen molar-refractivity contribution >= 4 is 0 Å². The zero-order chi connectivity index (χ0) is 8.39. The molecule has 0 saturated carbocycles. The fourth-order valence-electron chi connectivity index (χ4n) is 2.09. The smallest absolute Gasteiger partial charge is 0.0221 e. The topological polar surface area (TPSA) is 15.3 Å². The Hall–Kier alpha value is -0.340. The van der Waals surface area contributed by atoms with Crippen molar-refractivity contribution in [1.82, 2.24) is 10.2 Å². The maximum atomic E-state index is 3.56. The molecule has 2 rings (SSSR count). The minimum atomic E-state index is 0.741. The van der Waals surface area contributed by atoms with Gasteiger partial charge in [0.05, 0.1) is 0 Å². The van der Waals surface area contributed by atoms with E-state index in [0.29, 0.717) is 0 Å². The SMILES string of the molecule is CC1CCNC1CN1CC=CC1. The highest BCUT2D eigenvalue weighted by Crippen LogP contribution is 2.16. The van der Waals surface area contributed by atoms with Gasteiger partial charge in [0, 0.05) is 25.7 Å². The predicted molar refractivity (Wildman–Crippen MR) is 51.2 cm³/mol. The number of nitrogens with one attached hydrogen (secondary N) is 1. The van der Waals surface area contributed by atoms with Crippen LogP contribution in [0.2, 0.25) is 0 Å². The molecule has 0 bridgehead atoms. The summed E-state index contributed by atoms with van der Waals surface area (Å²) in [6, 6.07) is 0.741. The summed E-state index contributed by atoms with van der Waals surface area (Å²) in [5.41, 5.74) is 0. The Balaban J connectivity index is 1.78. The second kappa shape index (κ2) is 3.58. The van der Waals surface area contributed by atoms with E-state index in [1.807, 2.05) is 0 Å². The highest BCUT2D eigenvalue weighted by Gasteiger charge is 2.24. The first-order valence-corrected chi connectivity index (χ1v) is 4.97. The molecule has 0 aromatic heterocycles. The number of hydrogen-bond acceptors (Lipinski definition) is 2. The molecular formula is C10H18N2. The summed E-state index contributed by atoms with van der Waals surface area (Å²) in [7, 11) is 0. The van der Waals surface area contributed by atoms with Crippen LogP contribution in [0.25, 0.3) is 0 Å². The maximum absolute atomic E-state index is 3.56. The molecule has 68 valence electrons. The van der Waals surface area contributed by atoms with Crippen LogP contribution in [0.3, 0.4) is 0 Å². The second-order valence-corrected chi connectivity index (χ2v) is 4.02. The number of rotatable bonds is 2. The fourth-order valence-corrected chi connectivity index (χ4v) is 2.09. The van der Waals surface area contributed by atoms with Gasteiger partial charge in [0.2, 0.25) is 0 Å². The Labute approximate surface area is 74.6 Å². The van der Waals surface area contributed by atoms with E-state index in [9.17, 15) is 0 Å². The first-order valence-electron chi connectivity index (χ1n) is 4.97. The van der Waals surface area contributed by atoms with Crippen LogP contribution in [-0.2, 0) is 0 Å². The van der Waals surface area contributed by atoms with Gasteiger partial charge in [-0.2, -0.15) is 0 Å². The van der Waals surface area contributed by atoms with Gasteiger partial charge in [-0.15, -0.1) is 0 Å². The molecule has 0 aliphatic carbocycles. The van der Waals surface area contributed by atoms with Crippen molar-refractivity contribution in [3.63, 3.8) is 0 Å². The summed E-state index contributed by atoms with van der Waals surface area (Å²) in [6.07, 6.45) is 5.88. The van der Waals surface area contributed by atoms with E-state index in [1.165, 1.54) is 19.5 Å². The number of hydrogen-bond donors (Lipinski definition) is 1. The van der Waals surface area contributed by atoms with Crippen LogP contribution in [0.15, 0.2) is 12.2 Å². The Bertz CT molecular complexity index is 169. The fraction of sp³-hybridized carbons (Fsp3) is 0.800. The molecule has 0 radical (unpaired) electrons. The molecule has 2 heterocycles. The lowest BCUT2D eigenvalue weighted by Crippen LogP contribution is -2.38. The third kappa shape index (κ3) is 1.70. The normalized spacial score (nSPS) is 36.4. The molecule has 1 fully saturated rings. The van der Waals surface area contributed by atoms with E-state index in [-0.39, 0.29) is 0 Å². The predicted octanol–water partition coefficient (Wildman–Crippen LogP) is 0.856. The van der Waals surface area contributed by atoms with Crippen molar-refractivity contribution in [1.29, 1.82) is 0 Å². The lowest BCUT2D eigenvalue weighted by atomic mass is 10.0. The van der Waals surface area contributed by atoms with E-state index in [0.717, 1.165) is 25.0 Å². The second-order valence-electron chi connectivity index (χ2n) is 4.02. The van der Waals surface area contributed by atoms with Crippen LogP contribution in [-0.4, -0.2) is 37.1 Å². The zero-order valence-corrected chi connectivity index (χ0v) is 7.79. The van der Waals surface area contributed by atoms with E-state index in [2.05, 4.69) is 29.3 Å². The Morgan fingerprint density at radius 2 is 2.17 bits per heavy atom. The van der Waals surface area contributed by atoms with Gasteiger partial charge >= 0.3 is 0 Å². The van der Waals surface area contributed by atoms with Crippen molar-refractivity contribution in [2.75, 3.05) is 26.2 Å². The lowest BCUT2D eigenvalue weighted by molar-refractivity contribution is 0.289. The van der Waals surface area contributed by atoms with Gasteiger partial charge in [0.1, 0.15) is 0 Å². The van der Waals surface area contributed by atoms with Gasteiger partial charge in [-0.1, -0.05) is 19.1 Å². The van der Waals surface area contributed by atoms with E-state index < -0.39 is 0 Å². The molecule has 2 aliphatic heterocycles. The van der Waals surface area contributed by atoms with Crippen LogP contribution in [0, 0.1) is 5.92 Å². The lowest BCUT2D eigenvalue weighted by Gasteiger charge is -2.22. The third-order valence-electron chi connectivity index (χ3n) is 3.04. The van der Waals surface area contributed by atoms with Gasteiger partial charge < -0.3 is 5.32 Å². The molecule has 0 amide bonds. The van der Waals surface area contributed by atoms with Crippen molar-refractivity contribution in [3.8, 4) is 0 Å². The molecule has 12 heavy (non-hydrogen) atoms. The average molecular weight is 166 g/mol. The quantitative estimate of drug-likeness (QED) is 0.612. The van der Waals surface area contributed by atoms with Crippen LogP contribution in [0.4, 0.5) is 0 Å². The van der Waals surface area contributed by atoms with Gasteiger partial charge in [0.25, 0.3) is 0 Å². The van der Waals surface area contributed by atoms with Crippen molar-refractivity contribution in [2.24, 2.45) is 5.92 Å². The van der Waals surface area contributed by atoms with E-state index in [1.54, 1.807) is 0 Å². The minimum Gasteiger partial charge on any atom is -0.312 e. The largest absolute Gasteiger partial charge is 0.312 e. The summed E-state index contributed by atoms with van der Waals surface area (Å²) < 4.78 is 0. The van der Waals surface area contributed by atoms with Gasteiger partial charge in [-0.05, 0) is 18.9 Å². The molecule has 2 aliphatic rings. The molecule has 2 atom stereocenters. The maximum Gasteiger partial charge on any atom is 0.0221 e. The molecule has 0 aromatic rings. The van der Waals surface area contributed by atoms with Gasteiger partial charge in [-0.25, -0.2) is 0 Å². The zero-order valence-electron chi connectivity index (χ0n) is 7.79. The molecule has 1 saturated heterocycles. The average Bonchev–Trinajstić information content (AvgIpc) is 2.65. The summed E-state index contributed by atoms with van der Waals surface area (Å²) in [4.78, 5) is 2.50. The van der Waals surface area contributed by atoms with Gasteiger partial charge in [0.15, 0.2) is 0 Å². The molecule has 2 nitrogen and oxygen atoms in total. The van der Waals surface area contributed by atoms with E-state index in [4.69, 9.17) is 0 Å². The third-order valence-corrected chi connectivity index (χ3v) is 3.04. The summed E-state index contributed by atoms with van der Waals surface area (Å²) in [6.45, 7) is 7.12. The Morgan fingerprint density at radius 3 is 2.75 bits per heavy atom. The van der Waals surface area contributed by atoms with E-state index >= 15 is 0 Å². The molecule has 2 unspecified atom stereocenters. The molecule has 1 N–H and O–H groups in total. The Kier molecular flexibility index (Phi) is 2.47. The minimum absolute atomic E-state index is 0.741. The van der Waals surface area contributed by atoms with Crippen molar-refractivity contribution in [3.05, 3.63) is 12.2 Å². The highest BCUT2D eigenvalue weighted by molar-refractivity contribution is 4.97. The molecule has 2 heteroatoms. The summed E-state index contributed by atoms with van der Waals surface area (Å²) in [5, 5.41) is 3.56. The first-order chi connectivity index (χ1) is 5.86. The Morgan fingerprint density at radius 1 is 1.42 bits per heavy atom. The first kappa shape index (κ1) is 8.27. The van der Waals surface area contributed by atoms with Crippen LogP contribution in [0.5, 0.6) is 0 Å². The van der Waals surface area contributed by atoms with Crippen molar-refractivity contribution in [2.45, 2.75) is 19.4 Å². The van der Waals surface area contributed by atoms with Gasteiger partial charge in [-0.3, -0.25) is 4.90 Å².